The SMILES string of the molecule is Cc1nc(CN2CCOCC2)sc1-c1csc(Nc2cc(C(N)=O)ccc2OC(C)C)n1. The van der Waals surface area contributed by atoms with Crippen LogP contribution in [0.1, 0.15) is 34.9 Å². The maximum Gasteiger partial charge on any atom is 0.248 e. The summed E-state index contributed by atoms with van der Waals surface area (Å²) in [6.45, 7) is 10.2. The number of anilines is 2. The third-order valence-corrected chi connectivity index (χ3v) is 6.83. The lowest BCUT2D eigenvalue weighted by atomic mass is 10.1. The third kappa shape index (κ3) is 5.44. The maximum absolute atomic E-state index is 11.6. The van der Waals surface area contributed by atoms with Crippen molar-refractivity contribution in [3.8, 4) is 16.3 Å². The van der Waals surface area contributed by atoms with Gasteiger partial charge in [0.2, 0.25) is 5.91 Å². The first-order valence-corrected chi connectivity index (χ1v) is 12.2. The second-order valence-corrected chi connectivity index (χ2v) is 9.76. The normalized spacial score (nSPS) is 14.6. The zero-order chi connectivity index (χ0) is 22.7. The van der Waals surface area contributed by atoms with Crippen molar-refractivity contribution in [2.24, 2.45) is 5.73 Å². The Kier molecular flexibility index (Phi) is 7.04. The molecule has 0 spiro atoms. The van der Waals surface area contributed by atoms with E-state index >= 15 is 0 Å². The minimum Gasteiger partial charge on any atom is -0.489 e. The third-order valence-electron chi connectivity index (χ3n) is 4.91. The number of carbonyl (C=O) groups is 1. The number of hydrogen-bond donors (Lipinski definition) is 2. The molecule has 1 saturated heterocycles. The van der Waals surface area contributed by atoms with Crippen molar-refractivity contribution in [1.82, 2.24) is 14.9 Å². The summed E-state index contributed by atoms with van der Waals surface area (Å²) in [4.78, 5) is 24.6. The fourth-order valence-electron chi connectivity index (χ4n) is 3.40. The van der Waals surface area contributed by atoms with Gasteiger partial charge in [0.1, 0.15) is 10.8 Å². The topological polar surface area (TPSA) is 103 Å². The van der Waals surface area contributed by atoms with E-state index in [1.165, 1.54) is 11.3 Å². The van der Waals surface area contributed by atoms with Crippen LogP contribution < -0.4 is 15.8 Å². The molecule has 3 aromatic rings. The highest BCUT2D eigenvalue weighted by Crippen LogP contribution is 2.36. The van der Waals surface area contributed by atoms with Crippen molar-refractivity contribution in [2.75, 3.05) is 31.6 Å². The summed E-state index contributed by atoms with van der Waals surface area (Å²) in [5.74, 6) is 0.153. The number of benzene rings is 1. The summed E-state index contributed by atoms with van der Waals surface area (Å²) in [6.07, 6.45) is -0.00781. The van der Waals surface area contributed by atoms with Gasteiger partial charge in [-0.25, -0.2) is 9.97 Å². The molecule has 0 bridgehead atoms. The van der Waals surface area contributed by atoms with Crippen molar-refractivity contribution in [2.45, 2.75) is 33.4 Å². The average Bonchev–Trinajstić information content (AvgIpc) is 3.35. The van der Waals surface area contributed by atoms with Crippen LogP contribution in [-0.4, -0.2) is 53.2 Å². The van der Waals surface area contributed by atoms with E-state index in [-0.39, 0.29) is 6.10 Å². The summed E-state index contributed by atoms with van der Waals surface area (Å²) in [5, 5.41) is 7.10. The Morgan fingerprint density at radius 1 is 1.31 bits per heavy atom. The van der Waals surface area contributed by atoms with Crippen molar-refractivity contribution < 1.29 is 14.3 Å². The van der Waals surface area contributed by atoms with Gasteiger partial charge in [0.05, 0.1) is 47.8 Å². The van der Waals surface area contributed by atoms with Crippen molar-refractivity contribution in [3.63, 3.8) is 0 Å². The van der Waals surface area contributed by atoms with Crippen LogP contribution in [0.2, 0.25) is 0 Å². The van der Waals surface area contributed by atoms with Crippen LogP contribution in [0.15, 0.2) is 23.6 Å². The summed E-state index contributed by atoms with van der Waals surface area (Å²) in [6, 6.07) is 5.11. The van der Waals surface area contributed by atoms with E-state index < -0.39 is 5.91 Å². The summed E-state index contributed by atoms with van der Waals surface area (Å²) >= 11 is 3.17. The molecule has 1 aliphatic heterocycles. The van der Waals surface area contributed by atoms with Gasteiger partial charge in [-0.1, -0.05) is 0 Å². The molecule has 170 valence electrons. The second-order valence-electron chi connectivity index (χ2n) is 7.82. The lowest BCUT2D eigenvalue weighted by Crippen LogP contribution is -2.35. The van der Waals surface area contributed by atoms with E-state index in [1.54, 1.807) is 29.5 Å². The van der Waals surface area contributed by atoms with Crippen LogP contribution in [-0.2, 0) is 11.3 Å². The van der Waals surface area contributed by atoms with Crippen molar-refractivity contribution in [1.29, 1.82) is 0 Å². The van der Waals surface area contributed by atoms with Crippen molar-refractivity contribution in [3.05, 3.63) is 39.8 Å². The number of nitrogens with two attached hydrogens (primary N) is 1. The van der Waals surface area contributed by atoms with Crippen LogP contribution >= 0.6 is 22.7 Å². The quantitative estimate of drug-likeness (QED) is 0.509. The molecule has 3 N–H and O–H groups in total. The molecule has 0 aliphatic carbocycles. The summed E-state index contributed by atoms with van der Waals surface area (Å²) < 4.78 is 11.3. The number of carbonyl (C=O) groups excluding carboxylic acids is 1. The van der Waals surface area contributed by atoms with Gasteiger partial charge in [-0.3, -0.25) is 9.69 Å². The van der Waals surface area contributed by atoms with Gasteiger partial charge < -0.3 is 20.5 Å². The Morgan fingerprint density at radius 2 is 2.09 bits per heavy atom. The Balaban J connectivity index is 1.53. The highest BCUT2D eigenvalue weighted by molar-refractivity contribution is 7.16. The van der Waals surface area contributed by atoms with Gasteiger partial charge in [-0.05, 0) is 39.0 Å². The molecule has 8 nitrogen and oxygen atoms in total. The zero-order valence-electron chi connectivity index (χ0n) is 18.4. The van der Waals surface area contributed by atoms with E-state index in [0.717, 1.165) is 54.1 Å². The molecule has 0 radical (unpaired) electrons. The zero-order valence-corrected chi connectivity index (χ0v) is 20.0. The van der Waals surface area contributed by atoms with Crippen LogP contribution in [0.25, 0.3) is 10.6 Å². The van der Waals surface area contributed by atoms with Crippen LogP contribution in [0.4, 0.5) is 10.8 Å². The maximum atomic E-state index is 11.6. The van der Waals surface area contributed by atoms with E-state index in [1.807, 2.05) is 26.2 Å². The number of nitrogens with one attached hydrogen (secondary N) is 1. The number of amides is 1. The number of ether oxygens (including phenoxy) is 2. The molecule has 1 aliphatic rings. The molecular weight excluding hydrogens is 446 g/mol. The minimum atomic E-state index is -0.489. The predicted octanol–water partition coefficient (Wildman–Crippen LogP) is 4.04. The first-order chi connectivity index (χ1) is 15.4. The number of morpholine rings is 1. The predicted molar refractivity (Wildman–Crippen MR) is 128 cm³/mol. The number of aromatic nitrogens is 2. The Hall–Kier alpha value is -2.53. The van der Waals surface area contributed by atoms with Crippen LogP contribution in [0, 0.1) is 6.92 Å². The average molecular weight is 474 g/mol. The molecule has 0 atom stereocenters. The number of nitrogens with zero attached hydrogens (tertiary/aromatic N) is 3. The van der Waals surface area contributed by atoms with Gasteiger partial charge in [0.25, 0.3) is 0 Å². The Bertz CT molecular complexity index is 1090. The molecule has 4 rings (SSSR count). The monoisotopic (exact) mass is 473 g/mol. The van der Waals surface area contributed by atoms with Gasteiger partial charge in [0, 0.05) is 24.0 Å². The molecule has 0 unspecified atom stereocenters. The number of aryl methyl sites for hydroxylation is 1. The van der Waals surface area contributed by atoms with Gasteiger partial charge in [-0.15, -0.1) is 22.7 Å². The molecular formula is C22H27N5O3S2. The first-order valence-electron chi connectivity index (χ1n) is 10.5. The smallest absolute Gasteiger partial charge is 0.248 e. The highest BCUT2D eigenvalue weighted by Gasteiger charge is 2.18. The largest absolute Gasteiger partial charge is 0.489 e. The van der Waals surface area contributed by atoms with Crippen molar-refractivity contribution >= 4 is 39.4 Å². The molecule has 2 aromatic heterocycles. The van der Waals surface area contributed by atoms with Gasteiger partial charge >= 0.3 is 0 Å². The first kappa shape index (κ1) is 22.7. The number of thiazole rings is 2. The van der Waals surface area contributed by atoms with Gasteiger partial charge in [0.15, 0.2) is 5.13 Å². The molecule has 1 fully saturated rings. The Labute approximate surface area is 195 Å². The number of primary amides is 1. The van der Waals surface area contributed by atoms with E-state index in [4.69, 9.17) is 25.2 Å². The van der Waals surface area contributed by atoms with E-state index in [0.29, 0.717) is 22.1 Å². The lowest BCUT2D eigenvalue weighted by Gasteiger charge is -2.25. The molecule has 3 heterocycles. The molecule has 1 amide bonds. The molecule has 1 aromatic carbocycles. The molecule has 10 heteroatoms. The fraction of sp³-hybridized carbons (Fsp3) is 0.409. The number of hydrogen-bond acceptors (Lipinski definition) is 9. The minimum absolute atomic E-state index is 0.00781. The molecule has 32 heavy (non-hydrogen) atoms. The van der Waals surface area contributed by atoms with Gasteiger partial charge in [-0.2, -0.15) is 0 Å². The fourth-order valence-corrected chi connectivity index (χ4v) is 5.25. The highest BCUT2D eigenvalue weighted by atomic mass is 32.1. The second kappa shape index (κ2) is 9.95. The van der Waals surface area contributed by atoms with Crippen LogP contribution in [0.5, 0.6) is 5.75 Å². The summed E-state index contributed by atoms with van der Waals surface area (Å²) in [7, 11) is 0. The Morgan fingerprint density at radius 3 is 2.81 bits per heavy atom. The number of rotatable bonds is 8. The molecule has 0 saturated carbocycles. The van der Waals surface area contributed by atoms with E-state index in [2.05, 4.69) is 10.2 Å². The lowest BCUT2D eigenvalue weighted by molar-refractivity contribution is 0.0341. The van der Waals surface area contributed by atoms with E-state index in [9.17, 15) is 4.79 Å². The summed E-state index contributed by atoms with van der Waals surface area (Å²) in [5.41, 5.74) is 8.39. The van der Waals surface area contributed by atoms with Crippen LogP contribution in [0.3, 0.4) is 0 Å². The standard InChI is InChI=1S/C22H27N5O3S2/c1-13(2)30-18-5-4-15(21(23)28)10-16(18)25-22-26-17(12-31-22)20-14(3)24-19(32-20)11-27-6-8-29-9-7-27/h4-5,10,12-13H,6-9,11H2,1-3H3,(H2,23,28)(H,25,26).